The van der Waals surface area contributed by atoms with Gasteiger partial charge >= 0.3 is 6.09 Å². The van der Waals surface area contributed by atoms with Crippen LogP contribution in [0.3, 0.4) is 0 Å². The fourth-order valence-corrected chi connectivity index (χ4v) is 3.03. The summed E-state index contributed by atoms with van der Waals surface area (Å²) in [5, 5.41) is 21.6. The number of aryl methyl sites for hydroxylation is 1. The van der Waals surface area contributed by atoms with E-state index in [2.05, 4.69) is 15.4 Å². The van der Waals surface area contributed by atoms with E-state index in [1.54, 1.807) is 25.1 Å². The molecular weight excluding hydrogens is 424 g/mol. The van der Waals surface area contributed by atoms with Crippen molar-refractivity contribution in [1.29, 1.82) is 0 Å². The summed E-state index contributed by atoms with van der Waals surface area (Å²) in [6.45, 7) is 1.77. The first-order chi connectivity index (χ1) is 16.0. The number of benzene rings is 2. The molecule has 1 aliphatic rings. The Hall–Kier alpha value is -4.14. The third-order valence-corrected chi connectivity index (χ3v) is 4.99. The van der Waals surface area contributed by atoms with Crippen LogP contribution < -0.4 is 9.64 Å². The molecular formula is C24H24N4O5. The summed E-state index contributed by atoms with van der Waals surface area (Å²) in [6.07, 6.45) is 3.42. The van der Waals surface area contributed by atoms with Gasteiger partial charge in [0, 0.05) is 18.7 Å². The molecule has 1 aliphatic carbocycles. The second-order valence-corrected chi connectivity index (χ2v) is 7.53. The Morgan fingerprint density at radius 3 is 2.39 bits per heavy atom. The normalized spacial score (nSPS) is 12.0. The first kappa shape index (κ1) is 22.1. The van der Waals surface area contributed by atoms with Crippen LogP contribution in [0, 0.1) is 6.92 Å². The molecule has 1 N–H and O–H groups in total. The molecule has 0 radical (unpaired) electrons. The van der Waals surface area contributed by atoms with Crippen LogP contribution in [0.25, 0.3) is 34.2 Å². The zero-order valence-corrected chi connectivity index (χ0v) is 18.6. The van der Waals surface area contributed by atoms with Crippen molar-refractivity contribution < 1.29 is 23.6 Å². The largest absolute Gasteiger partial charge is 0.496 e. The number of carboxylic acid groups (broad SMARTS) is 1. The van der Waals surface area contributed by atoms with Crippen molar-refractivity contribution in [2.24, 2.45) is 0 Å². The highest BCUT2D eigenvalue weighted by molar-refractivity contribution is 5.86. The summed E-state index contributed by atoms with van der Waals surface area (Å²) < 4.78 is 16.7. The van der Waals surface area contributed by atoms with Gasteiger partial charge in [-0.2, -0.15) is 0 Å². The molecule has 5 rings (SSSR count). The lowest BCUT2D eigenvalue weighted by atomic mass is 10.1. The predicted octanol–water partition coefficient (Wildman–Crippen LogP) is 5.66. The van der Waals surface area contributed by atoms with E-state index in [-0.39, 0.29) is 11.8 Å². The Morgan fingerprint density at radius 1 is 1.06 bits per heavy atom. The number of carbonyl (C=O) groups is 1. The van der Waals surface area contributed by atoms with Gasteiger partial charge in [-0.25, -0.2) is 4.79 Å². The van der Waals surface area contributed by atoms with Crippen molar-refractivity contribution in [3.63, 3.8) is 0 Å². The van der Waals surface area contributed by atoms with Gasteiger partial charge in [-0.3, -0.25) is 4.90 Å². The van der Waals surface area contributed by atoms with Crippen LogP contribution in [0.15, 0.2) is 57.5 Å². The molecule has 0 bridgehead atoms. The van der Waals surface area contributed by atoms with Crippen LogP contribution in [-0.2, 0) is 0 Å². The molecule has 170 valence electrons. The van der Waals surface area contributed by atoms with Crippen molar-refractivity contribution in [2.75, 3.05) is 19.1 Å². The molecule has 2 aromatic carbocycles. The lowest BCUT2D eigenvalue weighted by Crippen LogP contribution is -2.23. The van der Waals surface area contributed by atoms with Crippen molar-refractivity contribution >= 4 is 11.8 Å². The van der Waals surface area contributed by atoms with Crippen LogP contribution in [0.4, 0.5) is 10.5 Å². The summed E-state index contributed by atoms with van der Waals surface area (Å²) in [4.78, 5) is 12.3. The summed E-state index contributed by atoms with van der Waals surface area (Å²) in [6, 6.07) is 14.5. The number of aromatic nitrogens is 3. The number of hydrogen-bond acceptors (Lipinski definition) is 7. The van der Waals surface area contributed by atoms with E-state index in [1.165, 1.54) is 33.4 Å². The molecule has 0 saturated heterocycles. The Morgan fingerprint density at radius 2 is 1.76 bits per heavy atom. The van der Waals surface area contributed by atoms with Crippen LogP contribution in [-0.4, -0.2) is 40.7 Å². The van der Waals surface area contributed by atoms with E-state index in [0.29, 0.717) is 34.0 Å². The first-order valence-electron chi connectivity index (χ1n) is 10.5. The van der Waals surface area contributed by atoms with Gasteiger partial charge in [-0.05, 0) is 19.1 Å². The summed E-state index contributed by atoms with van der Waals surface area (Å²) >= 11 is 0. The molecule has 1 amide bonds. The lowest BCUT2D eigenvalue weighted by Gasteiger charge is -2.15. The van der Waals surface area contributed by atoms with Crippen LogP contribution in [0.2, 0.25) is 0 Å². The number of nitrogens with zero attached hydrogens (tertiary/aromatic N) is 4. The van der Waals surface area contributed by atoms with E-state index in [4.69, 9.17) is 18.8 Å². The van der Waals surface area contributed by atoms with Gasteiger partial charge in [-0.1, -0.05) is 54.8 Å². The molecule has 2 heterocycles. The lowest BCUT2D eigenvalue weighted by molar-refractivity contribution is 0.203. The molecule has 0 atom stereocenters. The maximum Gasteiger partial charge on any atom is 0.411 e. The molecule has 4 aromatic rings. The fraction of sp³-hybridized carbons (Fsp3) is 0.250. The Kier molecular flexibility index (Phi) is 6.39. The van der Waals surface area contributed by atoms with Gasteiger partial charge in [0.1, 0.15) is 22.8 Å². The topological polar surface area (TPSA) is 115 Å². The van der Waals surface area contributed by atoms with Gasteiger partial charge < -0.3 is 18.8 Å². The maximum atomic E-state index is 11.2. The monoisotopic (exact) mass is 448 g/mol. The van der Waals surface area contributed by atoms with Gasteiger partial charge in [0.15, 0.2) is 0 Å². The summed E-state index contributed by atoms with van der Waals surface area (Å²) in [5.74, 6) is 1.44. The molecule has 9 nitrogen and oxygen atoms in total. The highest BCUT2D eigenvalue weighted by Crippen LogP contribution is 2.37. The highest BCUT2D eigenvalue weighted by atomic mass is 16.5. The molecule has 9 heteroatoms. The van der Waals surface area contributed by atoms with E-state index in [9.17, 15) is 4.79 Å². The van der Waals surface area contributed by atoms with Crippen molar-refractivity contribution in [3.05, 3.63) is 54.3 Å². The third-order valence-electron chi connectivity index (χ3n) is 4.99. The minimum absolute atomic E-state index is 0.228. The maximum absolute atomic E-state index is 11.2. The number of anilines is 1. The number of ether oxygens (including phenoxy) is 1. The number of rotatable bonds is 5. The number of methoxy groups -OCH3 is 1. The smallest absolute Gasteiger partial charge is 0.411 e. The average molecular weight is 448 g/mol. The third kappa shape index (κ3) is 4.87. The fourth-order valence-electron chi connectivity index (χ4n) is 3.03. The van der Waals surface area contributed by atoms with Gasteiger partial charge in [0.05, 0.1) is 18.4 Å². The Bertz CT molecular complexity index is 1240. The molecule has 33 heavy (non-hydrogen) atoms. The standard InChI is InChI=1S/C21H18N4O5.C3H6/c1-12-17(18(24-30-12)13-7-5-4-6-8-13)20-23-22-19(29-20)15-10-9-14(11-16(15)28-3)25(2)21(26)27;1-2-3-1/h4-11H,1-3H3,(H,26,27);1-3H2. The minimum atomic E-state index is -1.08. The zero-order chi connectivity index (χ0) is 23.4. The molecule has 0 spiro atoms. The average Bonchev–Trinajstić information content (AvgIpc) is 3.57. The highest BCUT2D eigenvalue weighted by Gasteiger charge is 2.23. The van der Waals surface area contributed by atoms with Gasteiger partial charge in [0.25, 0.3) is 11.8 Å². The van der Waals surface area contributed by atoms with Crippen LogP contribution in [0.1, 0.15) is 25.0 Å². The first-order valence-corrected chi connectivity index (χ1v) is 10.5. The van der Waals surface area contributed by atoms with Crippen molar-refractivity contribution in [1.82, 2.24) is 15.4 Å². The van der Waals surface area contributed by atoms with E-state index in [0.717, 1.165) is 10.5 Å². The molecule has 1 fully saturated rings. The SMILES string of the molecule is C1CC1.COc1cc(N(C)C(=O)O)ccc1-c1nnc(-c2c(-c3ccccc3)noc2C)o1. The minimum Gasteiger partial charge on any atom is -0.496 e. The molecule has 2 aromatic heterocycles. The van der Waals surface area contributed by atoms with Crippen molar-refractivity contribution in [2.45, 2.75) is 26.2 Å². The Balaban J connectivity index is 0.000000799. The molecule has 0 aliphatic heterocycles. The second kappa shape index (κ2) is 9.56. The predicted molar refractivity (Wildman–Crippen MR) is 122 cm³/mol. The van der Waals surface area contributed by atoms with E-state index >= 15 is 0 Å². The van der Waals surface area contributed by atoms with E-state index < -0.39 is 6.09 Å². The quantitative estimate of drug-likeness (QED) is 0.416. The number of amides is 1. The van der Waals surface area contributed by atoms with Crippen molar-refractivity contribution in [3.8, 4) is 39.9 Å². The molecule has 1 saturated carbocycles. The Labute approximate surface area is 190 Å². The van der Waals surface area contributed by atoms with Crippen LogP contribution >= 0.6 is 0 Å². The summed E-state index contributed by atoms with van der Waals surface area (Å²) in [7, 11) is 2.93. The van der Waals surface area contributed by atoms with Gasteiger partial charge in [-0.15, -0.1) is 10.2 Å². The zero-order valence-electron chi connectivity index (χ0n) is 18.6. The van der Waals surface area contributed by atoms with E-state index in [1.807, 2.05) is 30.3 Å². The van der Waals surface area contributed by atoms with Crippen LogP contribution in [0.5, 0.6) is 5.75 Å². The second-order valence-electron chi connectivity index (χ2n) is 7.53. The van der Waals surface area contributed by atoms with Gasteiger partial charge in [0.2, 0.25) is 0 Å². The number of hydrogen-bond donors (Lipinski definition) is 1. The summed E-state index contributed by atoms with van der Waals surface area (Å²) in [5.41, 5.74) is 3.07. The molecule has 0 unspecified atom stereocenters.